The van der Waals surface area contributed by atoms with E-state index in [1.54, 1.807) is 12.1 Å². The Bertz CT molecular complexity index is 661. The molecule has 3 N–H and O–H groups in total. The fourth-order valence-corrected chi connectivity index (χ4v) is 3.96. The first-order chi connectivity index (χ1) is 11.4. The Hall–Kier alpha value is -1.30. The van der Waals surface area contributed by atoms with E-state index in [9.17, 15) is 14.7 Å². The van der Waals surface area contributed by atoms with Crippen LogP contribution in [0.25, 0.3) is 0 Å². The zero-order valence-corrected chi connectivity index (χ0v) is 14.7. The van der Waals surface area contributed by atoms with Crippen LogP contribution in [0.2, 0.25) is 10.0 Å². The minimum Gasteiger partial charge on any atom is -0.393 e. The maximum Gasteiger partial charge on any atom is 0.251 e. The number of nitrogens with one attached hydrogen (secondary N) is 2. The van der Waals surface area contributed by atoms with Crippen LogP contribution in [0.15, 0.2) is 18.2 Å². The van der Waals surface area contributed by atoms with E-state index in [-0.39, 0.29) is 29.9 Å². The molecule has 2 aliphatic carbocycles. The number of halogens is 2. The predicted octanol–water partition coefficient (Wildman–Crippen LogP) is 2.39. The highest BCUT2D eigenvalue weighted by molar-refractivity contribution is 6.42. The van der Waals surface area contributed by atoms with Crippen LogP contribution >= 0.6 is 23.2 Å². The van der Waals surface area contributed by atoms with Gasteiger partial charge in [-0.3, -0.25) is 9.59 Å². The topological polar surface area (TPSA) is 78.4 Å². The number of amides is 2. The number of hydrogen-bond donors (Lipinski definition) is 3. The zero-order chi connectivity index (χ0) is 17.3. The third kappa shape index (κ3) is 3.25. The fraction of sp³-hybridized carbons (Fsp3) is 0.529. The molecule has 0 radical (unpaired) electrons. The highest BCUT2D eigenvalue weighted by atomic mass is 35.5. The number of hydrogen-bond acceptors (Lipinski definition) is 3. The van der Waals surface area contributed by atoms with Gasteiger partial charge in [-0.25, -0.2) is 0 Å². The normalized spacial score (nSPS) is 24.0. The molecule has 2 saturated carbocycles. The first kappa shape index (κ1) is 17.5. The molecule has 2 unspecified atom stereocenters. The van der Waals surface area contributed by atoms with Gasteiger partial charge in [-0.2, -0.15) is 0 Å². The third-order valence-corrected chi connectivity index (χ3v) is 6.14. The van der Waals surface area contributed by atoms with E-state index in [2.05, 4.69) is 10.6 Å². The molecule has 2 aliphatic rings. The van der Waals surface area contributed by atoms with Crippen molar-refractivity contribution in [2.45, 2.75) is 31.8 Å². The second-order valence-electron chi connectivity index (χ2n) is 6.65. The van der Waals surface area contributed by atoms with Gasteiger partial charge in [0.1, 0.15) is 0 Å². The summed E-state index contributed by atoms with van der Waals surface area (Å²) in [6.45, 7) is 0.458. The summed E-state index contributed by atoms with van der Waals surface area (Å²) >= 11 is 11.7. The number of aliphatic hydroxyl groups is 1. The molecule has 5 nitrogen and oxygen atoms in total. The maximum absolute atomic E-state index is 12.0. The Morgan fingerprint density at radius 2 is 1.96 bits per heavy atom. The van der Waals surface area contributed by atoms with Crippen LogP contribution in [0.3, 0.4) is 0 Å². The minimum absolute atomic E-state index is 0.0383. The lowest BCUT2D eigenvalue weighted by atomic mass is 9.48. The van der Waals surface area contributed by atoms with Crippen LogP contribution < -0.4 is 10.6 Å². The molecule has 0 aliphatic heterocycles. The largest absolute Gasteiger partial charge is 0.393 e. The summed E-state index contributed by atoms with van der Waals surface area (Å²) in [5, 5.41) is 16.0. The molecule has 2 fully saturated rings. The quantitative estimate of drug-likeness (QED) is 0.744. The van der Waals surface area contributed by atoms with Gasteiger partial charge < -0.3 is 15.7 Å². The third-order valence-electron chi connectivity index (χ3n) is 5.41. The second kappa shape index (κ2) is 6.90. The summed E-state index contributed by atoms with van der Waals surface area (Å²) < 4.78 is 0. The summed E-state index contributed by atoms with van der Waals surface area (Å²) in [4.78, 5) is 23.9. The predicted molar refractivity (Wildman–Crippen MR) is 92.2 cm³/mol. The standard InChI is InChI=1S/C17H20Cl2N2O3/c18-12-3-2-10(6-13(12)19)16(24)21-9-15(23)20-8-11-7-14(22)17(11)4-1-5-17/h2-3,6,11,14,22H,1,4-5,7-9H2,(H,20,23)(H,21,24). The zero-order valence-electron chi connectivity index (χ0n) is 13.1. The number of rotatable bonds is 5. The van der Waals surface area contributed by atoms with Crippen molar-refractivity contribution in [1.82, 2.24) is 10.6 Å². The molecule has 1 aromatic rings. The monoisotopic (exact) mass is 370 g/mol. The van der Waals surface area contributed by atoms with E-state index >= 15 is 0 Å². The average molecular weight is 371 g/mol. The van der Waals surface area contributed by atoms with E-state index in [1.165, 1.54) is 6.07 Å². The first-order valence-corrected chi connectivity index (χ1v) is 8.86. The van der Waals surface area contributed by atoms with Gasteiger partial charge in [0.2, 0.25) is 5.91 Å². The van der Waals surface area contributed by atoms with Crippen molar-refractivity contribution in [1.29, 1.82) is 0 Å². The SMILES string of the molecule is O=C(CNC(=O)c1ccc(Cl)c(Cl)c1)NCC1CC(O)C12CCC2. The van der Waals surface area contributed by atoms with Crippen molar-refractivity contribution in [3.05, 3.63) is 33.8 Å². The smallest absolute Gasteiger partial charge is 0.251 e. The number of aliphatic hydroxyl groups excluding tert-OH is 1. The van der Waals surface area contributed by atoms with Crippen molar-refractivity contribution in [3.8, 4) is 0 Å². The Morgan fingerprint density at radius 3 is 2.54 bits per heavy atom. The van der Waals surface area contributed by atoms with Crippen LogP contribution in [-0.2, 0) is 4.79 Å². The van der Waals surface area contributed by atoms with Crippen LogP contribution in [0.1, 0.15) is 36.0 Å². The van der Waals surface area contributed by atoms with Crippen LogP contribution in [-0.4, -0.2) is 36.1 Å². The Morgan fingerprint density at radius 1 is 1.21 bits per heavy atom. The molecule has 1 aromatic carbocycles. The summed E-state index contributed by atoms with van der Waals surface area (Å²) in [6.07, 6.45) is 3.77. The molecular formula is C17H20Cl2N2O3. The summed E-state index contributed by atoms with van der Waals surface area (Å²) in [5.74, 6) is -0.270. The molecule has 1 spiro atoms. The molecule has 0 bridgehead atoms. The van der Waals surface area contributed by atoms with Crippen LogP contribution in [0, 0.1) is 11.3 Å². The van der Waals surface area contributed by atoms with Crippen molar-refractivity contribution in [3.63, 3.8) is 0 Å². The highest BCUT2D eigenvalue weighted by Gasteiger charge is 2.57. The average Bonchev–Trinajstić information content (AvgIpc) is 2.49. The molecule has 0 saturated heterocycles. The fourth-order valence-electron chi connectivity index (χ4n) is 3.66. The Kier molecular flexibility index (Phi) is 5.04. The number of carbonyl (C=O) groups excluding carboxylic acids is 2. The summed E-state index contributed by atoms with van der Waals surface area (Å²) in [7, 11) is 0. The number of carbonyl (C=O) groups is 2. The van der Waals surface area contributed by atoms with Gasteiger partial charge in [-0.15, -0.1) is 0 Å². The molecule has 130 valence electrons. The molecule has 7 heteroatoms. The molecular weight excluding hydrogens is 351 g/mol. The van der Waals surface area contributed by atoms with Crippen molar-refractivity contribution in [2.75, 3.05) is 13.1 Å². The maximum atomic E-state index is 12.0. The van der Waals surface area contributed by atoms with Gasteiger partial charge in [0, 0.05) is 17.5 Å². The van der Waals surface area contributed by atoms with E-state index in [0.29, 0.717) is 28.1 Å². The van der Waals surface area contributed by atoms with Crippen molar-refractivity contribution >= 4 is 35.0 Å². The Labute approximate surface area is 150 Å². The van der Waals surface area contributed by atoms with Gasteiger partial charge in [0.05, 0.1) is 22.7 Å². The lowest BCUT2D eigenvalue weighted by molar-refractivity contribution is -0.169. The van der Waals surface area contributed by atoms with Crippen LogP contribution in [0.5, 0.6) is 0 Å². The number of benzene rings is 1. The van der Waals surface area contributed by atoms with E-state index in [1.807, 2.05) is 0 Å². The van der Waals surface area contributed by atoms with E-state index in [4.69, 9.17) is 23.2 Å². The molecule has 0 heterocycles. The van der Waals surface area contributed by atoms with Gasteiger partial charge in [0.15, 0.2) is 0 Å². The molecule has 2 atom stereocenters. The van der Waals surface area contributed by atoms with Crippen molar-refractivity contribution in [2.24, 2.45) is 11.3 Å². The lowest BCUT2D eigenvalue weighted by Gasteiger charge is -2.59. The van der Waals surface area contributed by atoms with Gasteiger partial charge >= 0.3 is 0 Å². The minimum atomic E-state index is -0.377. The summed E-state index contributed by atoms with van der Waals surface area (Å²) in [6, 6.07) is 4.56. The highest BCUT2D eigenvalue weighted by Crippen LogP contribution is 2.59. The molecule has 24 heavy (non-hydrogen) atoms. The first-order valence-electron chi connectivity index (χ1n) is 8.10. The van der Waals surface area contributed by atoms with Gasteiger partial charge in [-0.05, 0) is 43.4 Å². The summed E-state index contributed by atoms with van der Waals surface area (Å²) in [5.41, 5.74) is 0.393. The van der Waals surface area contributed by atoms with E-state index in [0.717, 1.165) is 25.7 Å². The van der Waals surface area contributed by atoms with Gasteiger partial charge in [-0.1, -0.05) is 29.6 Å². The Balaban J connectivity index is 1.42. The molecule has 3 rings (SSSR count). The molecule has 0 aromatic heterocycles. The van der Waals surface area contributed by atoms with E-state index < -0.39 is 0 Å². The lowest BCUT2D eigenvalue weighted by Crippen LogP contribution is -2.60. The van der Waals surface area contributed by atoms with Crippen molar-refractivity contribution < 1.29 is 14.7 Å². The van der Waals surface area contributed by atoms with Gasteiger partial charge in [0.25, 0.3) is 5.91 Å². The molecule has 2 amide bonds. The van der Waals surface area contributed by atoms with Crippen LogP contribution in [0.4, 0.5) is 0 Å². The second-order valence-corrected chi connectivity index (χ2v) is 7.47.